The van der Waals surface area contributed by atoms with Crippen molar-refractivity contribution in [3.8, 4) is 0 Å². The highest BCUT2D eigenvalue weighted by Gasteiger charge is 2.33. The summed E-state index contributed by atoms with van der Waals surface area (Å²) in [5.41, 5.74) is 0. The fourth-order valence-electron chi connectivity index (χ4n) is 1.26. The summed E-state index contributed by atoms with van der Waals surface area (Å²) in [4.78, 5) is 11.0. The van der Waals surface area contributed by atoms with Crippen LogP contribution in [0, 0.1) is 0 Å². The van der Waals surface area contributed by atoms with Crippen molar-refractivity contribution in [2.75, 3.05) is 26.8 Å². The number of rotatable bonds is 2. The van der Waals surface area contributed by atoms with E-state index < -0.39 is 0 Å². The van der Waals surface area contributed by atoms with Crippen molar-refractivity contribution in [3.63, 3.8) is 0 Å². The fourth-order valence-corrected chi connectivity index (χ4v) is 1.26. The number of methoxy groups -OCH3 is 1. The van der Waals surface area contributed by atoms with Crippen molar-refractivity contribution in [1.29, 1.82) is 0 Å². The second kappa shape index (κ2) is 2.58. The van der Waals surface area contributed by atoms with E-state index in [4.69, 9.17) is 9.47 Å². The van der Waals surface area contributed by atoms with Crippen LogP contribution in [0.3, 0.4) is 0 Å². The summed E-state index contributed by atoms with van der Waals surface area (Å²) in [6, 6.07) is 0. The van der Waals surface area contributed by atoms with Gasteiger partial charge in [0.05, 0.1) is 20.2 Å². The Labute approximate surface area is 70.1 Å². The van der Waals surface area contributed by atoms with Crippen molar-refractivity contribution >= 4 is 6.09 Å². The monoisotopic (exact) mass is 170 g/mol. The quantitative estimate of drug-likeness (QED) is 0.592. The number of cyclic esters (lactones) is 1. The summed E-state index contributed by atoms with van der Waals surface area (Å²) in [5, 5.41) is 3.30. The molecule has 2 heterocycles. The zero-order valence-corrected chi connectivity index (χ0v) is 6.82. The number of hydrogen-bond acceptors (Lipinski definition) is 4. The maximum absolute atomic E-state index is 11.0. The minimum atomic E-state index is -0.294. The maximum atomic E-state index is 11.0. The van der Waals surface area contributed by atoms with E-state index in [-0.39, 0.29) is 6.09 Å². The number of ether oxygens (including phenoxy) is 2. The Kier molecular flexibility index (Phi) is 1.56. The van der Waals surface area contributed by atoms with Gasteiger partial charge in [-0.3, -0.25) is 0 Å². The zero-order chi connectivity index (χ0) is 8.55. The third-order valence-corrected chi connectivity index (χ3v) is 1.93. The fraction of sp³-hybridized carbons (Fsp3) is 0.571. The molecule has 0 aromatic carbocycles. The van der Waals surface area contributed by atoms with E-state index in [9.17, 15) is 4.79 Å². The molecule has 5 nitrogen and oxygen atoms in total. The Hall–Kier alpha value is -1.39. The number of amides is 1. The molecule has 0 N–H and O–H groups in total. The predicted octanol–water partition coefficient (Wildman–Crippen LogP) is 0.157. The summed E-state index contributed by atoms with van der Waals surface area (Å²) in [6.45, 7) is 1.80. The molecule has 0 aliphatic carbocycles. The molecule has 12 heavy (non-hydrogen) atoms. The van der Waals surface area contributed by atoms with Crippen LogP contribution in [0.1, 0.15) is 0 Å². The molecule has 0 spiro atoms. The lowest BCUT2D eigenvalue weighted by molar-refractivity contribution is -0.0146. The van der Waals surface area contributed by atoms with Crippen LogP contribution in [0.25, 0.3) is 0 Å². The highest BCUT2D eigenvalue weighted by atomic mass is 16.6. The topological polar surface area (TPSA) is 42.0 Å². The lowest BCUT2D eigenvalue weighted by Gasteiger charge is -2.36. The van der Waals surface area contributed by atoms with Crippen molar-refractivity contribution in [1.82, 2.24) is 10.0 Å². The number of nitrogens with zero attached hydrogens (tertiary/aromatic N) is 2. The predicted molar refractivity (Wildman–Crippen MR) is 39.9 cm³/mol. The molecule has 1 saturated heterocycles. The van der Waals surface area contributed by atoms with Gasteiger partial charge in [0.2, 0.25) is 5.88 Å². The minimum Gasteiger partial charge on any atom is -0.481 e. The number of carbonyl (C=O) groups is 1. The SMILES string of the molecule is COC1=CCN1N1CCOC1=O. The zero-order valence-electron chi connectivity index (χ0n) is 6.82. The molecule has 0 aromatic rings. The third kappa shape index (κ3) is 0.895. The van der Waals surface area contributed by atoms with Gasteiger partial charge in [-0.1, -0.05) is 0 Å². The Morgan fingerprint density at radius 1 is 1.58 bits per heavy atom. The first-order valence-corrected chi connectivity index (χ1v) is 3.79. The lowest BCUT2D eigenvalue weighted by atomic mass is 10.4. The van der Waals surface area contributed by atoms with Crippen LogP contribution in [0.4, 0.5) is 4.79 Å². The molecule has 2 rings (SSSR count). The van der Waals surface area contributed by atoms with Crippen LogP contribution in [0.15, 0.2) is 12.0 Å². The van der Waals surface area contributed by atoms with Crippen LogP contribution in [-0.2, 0) is 9.47 Å². The van der Waals surface area contributed by atoms with Crippen LogP contribution >= 0.6 is 0 Å². The third-order valence-electron chi connectivity index (χ3n) is 1.93. The van der Waals surface area contributed by atoms with Gasteiger partial charge in [-0.2, -0.15) is 0 Å². The standard InChI is InChI=1S/C7H10N2O3/c1-11-6-2-3-8(6)9-4-5-12-7(9)10/h2H,3-5H2,1H3. The van der Waals surface area contributed by atoms with Gasteiger partial charge >= 0.3 is 6.09 Å². The molecule has 66 valence electrons. The molecule has 5 heteroatoms. The van der Waals surface area contributed by atoms with Crippen molar-refractivity contribution < 1.29 is 14.3 Å². The first-order chi connectivity index (χ1) is 5.83. The van der Waals surface area contributed by atoms with E-state index in [0.29, 0.717) is 19.0 Å². The van der Waals surface area contributed by atoms with E-state index in [0.717, 1.165) is 6.54 Å². The number of hydrogen-bond donors (Lipinski definition) is 0. The second-order valence-electron chi connectivity index (χ2n) is 2.57. The highest BCUT2D eigenvalue weighted by molar-refractivity contribution is 5.69. The molecule has 0 bridgehead atoms. The van der Waals surface area contributed by atoms with E-state index in [1.54, 1.807) is 17.1 Å². The maximum Gasteiger partial charge on any atom is 0.429 e. The summed E-state index contributed by atoms with van der Waals surface area (Å²) >= 11 is 0. The van der Waals surface area contributed by atoms with Crippen LogP contribution in [-0.4, -0.2) is 42.9 Å². The van der Waals surface area contributed by atoms with Crippen molar-refractivity contribution in [2.24, 2.45) is 0 Å². The molecule has 0 radical (unpaired) electrons. The Morgan fingerprint density at radius 2 is 2.42 bits per heavy atom. The molecule has 1 amide bonds. The van der Waals surface area contributed by atoms with E-state index >= 15 is 0 Å². The number of hydrazine groups is 1. The largest absolute Gasteiger partial charge is 0.481 e. The van der Waals surface area contributed by atoms with Gasteiger partial charge in [0.1, 0.15) is 6.61 Å². The molecule has 0 unspecified atom stereocenters. The van der Waals surface area contributed by atoms with E-state index in [1.165, 1.54) is 0 Å². The molecule has 0 aromatic heterocycles. The van der Waals surface area contributed by atoms with Gasteiger partial charge in [0.25, 0.3) is 0 Å². The van der Waals surface area contributed by atoms with Gasteiger partial charge in [-0.05, 0) is 6.08 Å². The van der Waals surface area contributed by atoms with Gasteiger partial charge in [-0.25, -0.2) is 14.8 Å². The van der Waals surface area contributed by atoms with E-state index in [2.05, 4.69) is 0 Å². The van der Waals surface area contributed by atoms with Crippen LogP contribution < -0.4 is 0 Å². The molecule has 1 fully saturated rings. The lowest BCUT2D eigenvalue weighted by Crippen LogP contribution is -2.47. The summed E-state index contributed by atoms with van der Waals surface area (Å²) in [7, 11) is 1.58. The Bertz CT molecular complexity index is 239. The van der Waals surface area contributed by atoms with E-state index in [1.807, 2.05) is 6.08 Å². The molecule has 0 atom stereocenters. The molecule has 0 saturated carbocycles. The van der Waals surface area contributed by atoms with Gasteiger partial charge < -0.3 is 9.47 Å². The first kappa shape index (κ1) is 7.27. The molecular weight excluding hydrogens is 160 g/mol. The first-order valence-electron chi connectivity index (χ1n) is 3.79. The normalized spacial score (nSPS) is 21.8. The molecule has 2 aliphatic rings. The minimum absolute atomic E-state index is 0.294. The molecular formula is C7H10N2O3. The van der Waals surface area contributed by atoms with Gasteiger partial charge in [-0.15, -0.1) is 0 Å². The summed E-state index contributed by atoms with van der Waals surface area (Å²) in [6.07, 6.45) is 1.61. The van der Waals surface area contributed by atoms with Gasteiger partial charge in [0, 0.05) is 0 Å². The summed E-state index contributed by atoms with van der Waals surface area (Å²) < 4.78 is 9.77. The van der Waals surface area contributed by atoms with Crippen LogP contribution in [0.2, 0.25) is 0 Å². The average molecular weight is 170 g/mol. The smallest absolute Gasteiger partial charge is 0.429 e. The van der Waals surface area contributed by atoms with Gasteiger partial charge in [0.15, 0.2) is 0 Å². The average Bonchev–Trinajstić information content (AvgIpc) is 2.36. The molecule has 2 aliphatic heterocycles. The summed E-state index contributed by atoms with van der Waals surface area (Å²) in [5.74, 6) is 0.717. The van der Waals surface area contributed by atoms with Crippen LogP contribution in [0.5, 0.6) is 0 Å². The Balaban J connectivity index is 2.02. The Morgan fingerprint density at radius 3 is 2.83 bits per heavy atom. The highest BCUT2D eigenvalue weighted by Crippen LogP contribution is 2.20. The van der Waals surface area contributed by atoms with Crippen molar-refractivity contribution in [3.05, 3.63) is 12.0 Å². The number of carbonyl (C=O) groups excluding carboxylic acids is 1. The van der Waals surface area contributed by atoms with Crippen molar-refractivity contribution in [2.45, 2.75) is 0 Å². The second-order valence-corrected chi connectivity index (χ2v) is 2.57.